The Labute approximate surface area is 132 Å². The summed E-state index contributed by atoms with van der Waals surface area (Å²) in [6.45, 7) is 0. The van der Waals surface area contributed by atoms with Crippen LogP contribution in [-0.4, -0.2) is 19.7 Å². The van der Waals surface area contributed by atoms with Crippen LogP contribution in [-0.2, 0) is 0 Å². The quantitative estimate of drug-likeness (QED) is 0.760. The first-order valence-corrected chi connectivity index (χ1v) is 7.35. The lowest BCUT2D eigenvalue weighted by Gasteiger charge is -2.09. The fourth-order valence-electron chi connectivity index (χ4n) is 2.90. The van der Waals surface area contributed by atoms with Crippen LogP contribution in [0.3, 0.4) is 0 Å². The van der Waals surface area contributed by atoms with Gasteiger partial charge in [-0.25, -0.2) is 9.67 Å². The first-order chi connectivity index (χ1) is 11.3. The van der Waals surface area contributed by atoms with Crippen molar-refractivity contribution in [3.05, 3.63) is 54.0 Å². The number of nitriles is 1. The number of fused-ring (bicyclic) bond motifs is 1. The van der Waals surface area contributed by atoms with Crippen LogP contribution in [0.25, 0.3) is 22.3 Å². The Morgan fingerprint density at radius 1 is 1.35 bits per heavy atom. The van der Waals surface area contributed by atoms with Crippen LogP contribution in [0.15, 0.2) is 48.4 Å². The summed E-state index contributed by atoms with van der Waals surface area (Å²) in [5.74, 6) is 0.468. The van der Waals surface area contributed by atoms with Gasteiger partial charge in [-0.1, -0.05) is 6.08 Å². The lowest BCUT2D eigenvalue weighted by Crippen LogP contribution is -1.97. The highest BCUT2D eigenvalue weighted by atomic mass is 15.3. The SMILES string of the molecule is N#CC1=CCCC(c2cn(-c3ccnc4[nH]ccc34)nc2N)=C1. The summed E-state index contributed by atoms with van der Waals surface area (Å²) in [5.41, 5.74) is 10.5. The van der Waals surface area contributed by atoms with E-state index in [1.807, 2.05) is 36.7 Å². The van der Waals surface area contributed by atoms with Gasteiger partial charge < -0.3 is 10.7 Å². The van der Waals surface area contributed by atoms with Crippen molar-refractivity contribution in [2.75, 3.05) is 5.73 Å². The number of nitrogen functional groups attached to an aromatic ring is 1. The number of hydrogen-bond acceptors (Lipinski definition) is 4. The Kier molecular flexibility index (Phi) is 2.98. The number of anilines is 1. The van der Waals surface area contributed by atoms with Crippen molar-refractivity contribution < 1.29 is 0 Å². The third-order valence-electron chi connectivity index (χ3n) is 4.01. The van der Waals surface area contributed by atoms with Gasteiger partial charge in [-0.15, -0.1) is 0 Å². The number of aromatic amines is 1. The van der Waals surface area contributed by atoms with E-state index in [2.05, 4.69) is 21.1 Å². The van der Waals surface area contributed by atoms with E-state index in [9.17, 15) is 0 Å². The Morgan fingerprint density at radius 2 is 2.26 bits per heavy atom. The Hall–Kier alpha value is -3.33. The molecule has 1 aliphatic carbocycles. The Balaban J connectivity index is 1.82. The third-order valence-corrected chi connectivity index (χ3v) is 4.01. The minimum absolute atomic E-state index is 0.468. The number of allylic oxidation sites excluding steroid dienone is 4. The van der Waals surface area contributed by atoms with Crippen LogP contribution in [0.1, 0.15) is 18.4 Å². The fourth-order valence-corrected chi connectivity index (χ4v) is 2.90. The molecule has 3 aromatic heterocycles. The second kappa shape index (κ2) is 5.14. The highest BCUT2D eigenvalue weighted by Gasteiger charge is 2.15. The molecular formula is C17H14N6. The normalized spacial score (nSPS) is 14.4. The topological polar surface area (TPSA) is 96.3 Å². The molecule has 0 aromatic carbocycles. The molecule has 3 aromatic rings. The molecule has 0 saturated carbocycles. The van der Waals surface area contributed by atoms with Crippen LogP contribution in [0.2, 0.25) is 0 Å². The summed E-state index contributed by atoms with van der Waals surface area (Å²) in [7, 11) is 0. The number of aromatic nitrogens is 4. The van der Waals surface area contributed by atoms with Gasteiger partial charge in [0.1, 0.15) is 5.65 Å². The van der Waals surface area contributed by atoms with Gasteiger partial charge in [-0.2, -0.15) is 10.4 Å². The van der Waals surface area contributed by atoms with Crippen LogP contribution in [0.5, 0.6) is 0 Å². The smallest absolute Gasteiger partial charge is 0.153 e. The molecule has 1 aliphatic rings. The number of nitrogens with one attached hydrogen (secondary N) is 1. The molecule has 0 bridgehead atoms. The first kappa shape index (κ1) is 13.3. The van der Waals surface area contributed by atoms with Gasteiger partial charge in [-0.3, -0.25) is 0 Å². The van der Waals surface area contributed by atoms with Gasteiger partial charge in [0, 0.05) is 35.1 Å². The molecule has 0 amide bonds. The van der Waals surface area contributed by atoms with E-state index in [0.29, 0.717) is 11.4 Å². The number of nitrogens with zero attached hydrogens (tertiary/aromatic N) is 4. The molecule has 23 heavy (non-hydrogen) atoms. The van der Waals surface area contributed by atoms with E-state index in [0.717, 1.165) is 40.7 Å². The van der Waals surface area contributed by atoms with Crippen molar-refractivity contribution in [2.24, 2.45) is 0 Å². The first-order valence-electron chi connectivity index (χ1n) is 7.35. The van der Waals surface area contributed by atoms with E-state index in [-0.39, 0.29) is 0 Å². The van der Waals surface area contributed by atoms with Crippen LogP contribution >= 0.6 is 0 Å². The van der Waals surface area contributed by atoms with Gasteiger partial charge in [-0.05, 0) is 36.6 Å². The van der Waals surface area contributed by atoms with E-state index in [4.69, 9.17) is 11.0 Å². The minimum Gasteiger partial charge on any atom is -0.382 e. The molecule has 0 aliphatic heterocycles. The summed E-state index contributed by atoms with van der Waals surface area (Å²) in [6, 6.07) is 6.06. The number of hydrogen-bond donors (Lipinski definition) is 2. The monoisotopic (exact) mass is 302 g/mol. The molecule has 3 heterocycles. The predicted octanol–water partition coefficient (Wildman–Crippen LogP) is 2.96. The van der Waals surface area contributed by atoms with Gasteiger partial charge in [0.05, 0.1) is 11.8 Å². The summed E-state index contributed by atoms with van der Waals surface area (Å²) in [6.07, 6.45) is 11.0. The molecule has 6 nitrogen and oxygen atoms in total. The van der Waals surface area contributed by atoms with Gasteiger partial charge in [0.25, 0.3) is 0 Å². The number of nitrogens with two attached hydrogens (primary N) is 1. The fraction of sp³-hybridized carbons (Fsp3) is 0.118. The number of H-pyrrole nitrogens is 1. The van der Waals surface area contributed by atoms with Crippen LogP contribution < -0.4 is 5.73 Å². The largest absolute Gasteiger partial charge is 0.382 e. The molecule has 4 rings (SSSR count). The lowest BCUT2D eigenvalue weighted by atomic mass is 9.95. The second-order valence-corrected chi connectivity index (χ2v) is 5.42. The maximum Gasteiger partial charge on any atom is 0.153 e. The van der Waals surface area contributed by atoms with Gasteiger partial charge >= 0.3 is 0 Å². The number of rotatable bonds is 2. The van der Waals surface area contributed by atoms with E-state index >= 15 is 0 Å². The van der Waals surface area contributed by atoms with Crippen molar-refractivity contribution >= 4 is 22.4 Å². The molecule has 3 N–H and O–H groups in total. The molecule has 6 heteroatoms. The van der Waals surface area contributed by atoms with E-state index < -0.39 is 0 Å². The Bertz CT molecular complexity index is 996. The number of pyridine rings is 1. The predicted molar refractivity (Wildman–Crippen MR) is 88.5 cm³/mol. The maximum absolute atomic E-state index is 9.08. The summed E-state index contributed by atoms with van der Waals surface area (Å²) < 4.78 is 1.77. The minimum atomic E-state index is 0.468. The van der Waals surface area contributed by atoms with Crippen LogP contribution in [0, 0.1) is 11.3 Å². The molecule has 0 saturated heterocycles. The summed E-state index contributed by atoms with van der Waals surface area (Å²) in [4.78, 5) is 7.37. The molecular weight excluding hydrogens is 288 g/mol. The summed E-state index contributed by atoms with van der Waals surface area (Å²) >= 11 is 0. The molecule has 0 atom stereocenters. The molecule has 112 valence electrons. The average molecular weight is 302 g/mol. The lowest BCUT2D eigenvalue weighted by molar-refractivity contribution is 0.891. The zero-order valence-corrected chi connectivity index (χ0v) is 12.3. The van der Waals surface area contributed by atoms with E-state index in [1.54, 1.807) is 10.9 Å². The third kappa shape index (κ3) is 2.19. The van der Waals surface area contributed by atoms with Crippen molar-refractivity contribution in [1.29, 1.82) is 5.26 Å². The molecule has 0 fully saturated rings. The maximum atomic E-state index is 9.08. The second-order valence-electron chi connectivity index (χ2n) is 5.42. The average Bonchev–Trinajstić information content (AvgIpc) is 3.21. The summed E-state index contributed by atoms with van der Waals surface area (Å²) in [5, 5.41) is 14.5. The van der Waals surface area contributed by atoms with Gasteiger partial charge in [0.15, 0.2) is 5.82 Å². The molecule has 0 radical (unpaired) electrons. The zero-order valence-electron chi connectivity index (χ0n) is 12.3. The molecule has 0 unspecified atom stereocenters. The van der Waals surface area contributed by atoms with Crippen molar-refractivity contribution in [3.8, 4) is 11.8 Å². The highest BCUT2D eigenvalue weighted by molar-refractivity contribution is 5.85. The standard InChI is InChI=1S/C17H14N6/c18-9-11-2-1-3-12(8-11)14-10-23(22-16(14)19)15-5-7-21-17-13(15)4-6-20-17/h2,4-8,10H,1,3H2,(H2,19,22)(H,20,21). The van der Waals surface area contributed by atoms with Crippen molar-refractivity contribution in [3.63, 3.8) is 0 Å². The van der Waals surface area contributed by atoms with Crippen molar-refractivity contribution in [2.45, 2.75) is 12.8 Å². The Morgan fingerprint density at radius 3 is 3.13 bits per heavy atom. The molecule has 0 spiro atoms. The highest BCUT2D eigenvalue weighted by Crippen LogP contribution is 2.31. The van der Waals surface area contributed by atoms with E-state index in [1.165, 1.54) is 0 Å². The van der Waals surface area contributed by atoms with Crippen molar-refractivity contribution in [1.82, 2.24) is 19.7 Å². The van der Waals surface area contributed by atoms with Gasteiger partial charge in [0.2, 0.25) is 0 Å². The zero-order chi connectivity index (χ0) is 15.8. The van der Waals surface area contributed by atoms with Crippen LogP contribution in [0.4, 0.5) is 5.82 Å².